The molecule has 0 amide bonds. The smallest absolute Gasteiger partial charge is 0.142 e. The molecule has 6 heteroatoms. The second-order valence-electron chi connectivity index (χ2n) is 5.77. The molecule has 3 aromatic rings. The van der Waals surface area contributed by atoms with Crippen LogP contribution in [0.5, 0.6) is 5.75 Å². The van der Waals surface area contributed by atoms with Crippen LogP contribution in [0.3, 0.4) is 0 Å². The molecule has 0 radical (unpaired) electrons. The van der Waals surface area contributed by atoms with E-state index >= 15 is 0 Å². The van der Waals surface area contributed by atoms with Crippen LogP contribution in [0.4, 0.5) is 17.3 Å². The highest BCUT2D eigenvalue weighted by atomic mass is 35.5. The van der Waals surface area contributed by atoms with Gasteiger partial charge in [-0.1, -0.05) is 41.9 Å². The van der Waals surface area contributed by atoms with Crippen molar-refractivity contribution in [2.45, 2.75) is 12.8 Å². The van der Waals surface area contributed by atoms with E-state index in [1.165, 1.54) is 11.9 Å². The number of aromatic nitrogens is 2. The number of rotatable bonds is 8. The predicted octanol–water partition coefficient (Wildman–Crippen LogP) is 4.93. The third kappa shape index (κ3) is 5.10. The van der Waals surface area contributed by atoms with Crippen molar-refractivity contribution in [3.63, 3.8) is 0 Å². The van der Waals surface area contributed by atoms with Crippen molar-refractivity contribution in [2.24, 2.45) is 0 Å². The van der Waals surface area contributed by atoms with Gasteiger partial charge in [-0.3, -0.25) is 0 Å². The molecule has 3 rings (SSSR count). The van der Waals surface area contributed by atoms with Crippen LogP contribution >= 0.6 is 11.6 Å². The van der Waals surface area contributed by atoms with Gasteiger partial charge in [-0.25, -0.2) is 9.97 Å². The van der Waals surface area contributed by atoms with E-state index in [9.17, 15) is 0 Å². The number of aryl methyl sites for hydroxylation is 1. The molecular formula is C20H21ClN4O. The second-order valence-corrected chi connectivity index (χ2v) is 6.21. The van der Waals surface area contributed by atoms with Gasteiger partial charge in [0, 0.05) is 17.6 Å². The summed E-state index contributed by atoms with van der Waals surface area (Å²) in [6.07, 6.45) is 3.58. The van der Waals surface area contributed by atoms with Gasteiger partial charge in [0.25, 0.3) is 0 Å². The summed E-state index contributed by atoms with van der Waals surface area (Å²) in [4.78, 5) is 8.52. The zero-order valence-corrected chi connectivity index (χ0v) is 15.3. The van der Waals surface area contributed by atoms with Crippen LogP contribution in [0.15, 0.2) is 60.9 Å². The van der Waals surface area contributed by atoms with Crippen LogP contribution in [-0.2, 0) is 6.42 Å². The van der Waals surface area contributed by atoms with Gasteiger partial charge < -0.3 is 15.4 Å². The normalized spacial score (nSPS) is 10.4. The lowest BCUT2D eigenvalue weighted by molar-refractivity contribution is 0.417. The number of ether oxygens (including phenoxy) is 1. The molecule has 5 nitrogen and oxygen atoms in total. The molecule has 0 atom stereocenters. The number of nitrogens with zero attached hydrogens (tertiary/aromatic N) is 2. The van der Waals surface area contributed by atoms with E-state index in [0.29, 0.717) is 16.6 Å². The predicted molar refractivity (Wildman–Crippen MR) is 107 cm³/mol. The molecule has 0 aliphatic rings. The van der Waals surface area contributed by atoms with Crippen LogP contribution in [0.25, 0.3) is 0 Å². The minimum atomic E-state index is 0.626. The Kier molecular flexibility index (Phi) is 6.28. The lowest BCUT2D eigenvalue weighted by atomic mass is 10.1. The second kappa shape index (κ2) is 9.06. The largest absolute Gasteiger partial charge is 0.495 e. The highest BCUT2D eigenvalue weighted by Gasteiger charge is 2.06. The van der Waals surface area contributed by atoms with Gasteiger partial charge in [-0.2, -0.15) is 0 Å². The average molecular weight is 369 g/mol. The first-order valence-corrected chi connectivity index (χ1v) is 8.83. The SMILES string of the molecule is COc1ccc(Cl)cc1Nc1cc(NCCCc2ccccc2)ncn1. The number of anilines is 3. The van der Waals surface area contributed by atoms with Crippen molar-refractivity contribution in [1.29, 1.82) is 0 Å². The molecule has 1 aromatic heterocycles. The van der Waals surface area contributed by atoms with Crippen molar-refractivity contribution in [3.8, 4) is 5.75 Å². The minimum Gasteiger partial charge on any atom is -0.495 e. The molecule has 0 unspecified atom stereocenters. The molecule has 0 spiro atoms. The fraction of sp³-hybridized carbons (Fsp3) is 0.200. The van der Waals surface area contributed by atoms with Gasteiger partial charge >= 0.3 is 0 Å². The average Bonchev–Trinajstić information content (AvgIpc) is 2.67. The first kappa shape index (κ1) is 18.0. The molecule has 1 heterocycles. The van der Waals surface area contributed by atoms with Crippen LogP contribution in [0.2, 0.25) is 5.02 Å². The number of benzene rings is 2. The number of nitrogens with one attached hydrogen (secondary N) is 2. The summed E-state index contributed by atoms with van der Waals surface area (Å²) in [5.74, 6) is 2.15. The fourth-order valence-electron chi connectivity index (χ4n) is 2.59. The Balaban J connectivity index is 1.57. The fourth-order valence-corrected chi connectivity index (χ4v) is 2.76. The molecule has 0 saturated heterocycles. The van der Waals surface area contributed by atoms with Gasteiger partial charge in [0.05, 0.1) is 12.8 Å². The first-order chi connectivity index (χ1) is 12.7. The number of methoxy groups -OCH3 is 1. The molecule has 0 aliphatic heterocycles. The Morgan fingerprint density at radius 2 is 1.81 bits per heavy atom. The van der Waals surface area contributed by atoms with Gasteiger partial charge in [-0.15, -0.1) is 0 Å². The molecule has 0 aliphatic carbocycles. The maximum Gasteiger partial charge on any atom is 0.142 e. The molecule has 0 fully saturated rings. The van der Waals surface area contributed by atoms with Crippen LogP contribution in [0, 0.1) is 0 Å². The summed E-state index contributed by atoms with van der Waals surface area (Å²) in [5, 5.41) is 7.18. The molecule has 2 N–H and O–H groups in total. The number of hydrogen-bond donors (Lipinski definition) is 2. The third-order valence-electron chi connectivity index (χ3n) is 3.88. The van der Waals surface area contributed by atoms with E-state index in [2.05, 4.69) is 44.9 Å². The van der Waals surface area contributed by atoms with Gasteiger partial charge in [-0.05, 0) is 36.6 Å². The Morgan fingerprint density at radius 3 is 2.62 bits per heavy atom. The van der Waals surface area contributed by atoms with E-state index in [1.54, 1.807) is 19.2 Å². The molecule has 0 saturated carbocycles. The zero-order valence-electron chi connectivity index (χ0n) is 14.6. The molecule has 0 bridgehead atoms. The van der Waals surface area contributed by atoms with Crippen molar-refractivity contribution in [3.05, 3.63) is 71.5 Å². The summed E-state index contributed by atoms with van der Waals surface area (Å²) in [6.45, 7) is 0.839. The van der Waals surface area contributed by atoms with Gasteiger partial charge in [0.1, 0.15) is 23.7 Å². The van der Waals surface area contributed by atoms with E-state index in [0.717, 1.165) is 30.9 Å². The Bertz CT molecular complexity index is 842. The lowest BCUT2D eigenvalue weighted by Crippen LogP contribution is -2.06. The Labute approximate surface area is 158 Å². The highest BCUT2D eigenvalue weighted by Crippen LogP contribution is 2.30. The molecular weight excluding hydrogens is 348 g/mol. The Morgan fingerprint density at radius 1 is 1.00 bits per heavy atom. The van der Waals surface area contributed by atoms with Crippen LogP contribution in [0.1, 0.15) is 12.0 Å². The van der Waals surface area contributed by atoms with Crippen LogP contribution in [-0.4, -0.2) is 23.6 Å². The van der Waals surface area contributed by atoms with E-state index in [-0.39, 0.29) is 0 Å². The maximum atomic E-state index is 6.07. The first-order valence-electron chi connectivity index (χ1n) is 8.45. The third-order valence-corrected chi connectivity index (χ3v) is 4.12. The van der Waals surface area contributed by atoms with E-state index in [4.69, 9.17) is 16.3 Å². The van der Waals surface area contributed by atoms with E-state index < -0.39 is 0 Å². The van der Waals surface area contributed by atoms with Crippen molar-refractivity contribution >= 4 is 28.9 Å². The maximum absolute atomic E-state index is 6.07. The number of halogens is 1. The minimum absolute atomic E-state index is 0.626. The number of hydrogen-bond acceptors (Lipinski definition) is 5. The Hall–Kier alpha value is -2.79. The molecule has 26 heavy (non-hydrogen) atoms. The van der Waals surface area contributed by atoms with E-state index in [1.807, 2.05) is 18.2 Å². The quantitative estimate of drug-likeness (QED) is 0.552. The summed E-state index contributed by atoms with van der Waals surface area (Å²) in [5.41, 5.74) is 2.10. The monoisotopic (exact) mass is 368 g/mol. The highest BCUT2D eigenvalue weighted by molar-refractivity contribution is 6.31. The van der Waals surface area contributed by atoms with Crippen molar-refractivity contribution in [1.82, 2.24) is 9.97 Å². The zero-order chi connectivity index (χ0) is 18.2. The lowest BCUT2D eigenvalue weighted by Gasteiger charge is -2.12. The molecule has 2 aromatic carbocycles. The summed E-state index contributed by atoms with van der Waals surface area (Å²) in [6, 6.07) is 17.7. The van der Waals surface area contributed by atoms with Gasteiger partial charge in [0.2, 0.25) is 0 Å². The van der Waals surface area contributed by atoms with Crippen molar-refractivity contribution < 1.29 is 4.74 Å². The summed E-state index contributed by atoms with van der Waals surface area (Å²) in [7, 11) is 1.62. The standard InChI is InChI=1S/C20H21ClN4O/c1-26-18-10-9-16(21)12-17(18)25-20-13-19(23-14-24-20)22-11-5-8-15-6-3-2-4-7-15/h2-4,6-7,9-10,12-14H,5,8,11H2,1H3,(H2,22,23,24,25). The van der Waals surface area contributed by atoms with Gasteiger partial charge in [0.15, 0.2) is 0 Å². The van der Waals surface area contributed by atoms with Crippen LogP contribution < -0.4 is 15.4 Å². The summed E-state index contributed by atoms with van der Waals surface area (Å²) >= 11 is 6.07. The summed E-state index contributed by atoms with van der Waals surface area (Å²) < 4.78 is 5.34. The topological polar surface area (TPSA) is 59.1 Å². The van der Waals surface area contributed by atoms with Crippen molar-refractivity contribution in [2.75, 3.05) is 24.3 Å². The molecule has 134 valence electrons.